The second kappa shape index (κ2) is 2.24. The number of hydrogen-bond acceptors (Lipinski definition) is 2. The molecule has 0 amide bonds. The number of hydrogen-bond donors (Lipinski definition) is 1. The maximum absolute atomic E-state index is 9.81. The van der Waals surface area contributed by atoms with Gasteiger partial charge in [-0.2, -0.15) is 0 Å². The number of fused-ring (bicyclic) bond motifs is 1. The smallest absolute Gasteiger partial charge is 0.0920 e. The Kier molecular flexibility index (Phi) is 1.59. The Morgan fingerprint density at radius 1 is 1.50 bits per heavy atom. The van der Waals surface area contributed by atoms with Gasteiger partial charge in [0.05, 0.1) is 17.3 Å². The number of aliphatic hydroxyl groups is 1. The maximum atomic E-state index is 9.81. The van der Waals surface area contributed by atoms with E-state index in [0.717, 1.165) is 19.3 Å². The third-order valence-corrected chi connectivity index (χ3v) is 3.52. The van der Waals surface area contributed by atoms with Crippen LogP contribution in [-0.4, -0.2) is 22.4 Å². The fourth-order valence-electron chi connectivity index (χ4n) is 2.29. The first-order valence-electron chi connectivity index (χ1n) is 4.82. The lowest BCUT2D eigenvalue weighted by atomic mass is 9.75. The predicted octanol–water partition coefficient (Wildman–Crippen LogP) is 1.71. The minimum absolute atomic E-state index is 0.182. The fraction of sp³-hybridized carbons (Fsp3) is 1.00. The van der Waals surface area contributed by atoms with E-state index >= 15 is 0 Å². The van der Waals surface area contributed by atoms with Crippen LogP contribution in [-0.2, 0) is 4.74 Å². The number of epoxide rings is 1. The molecule has 0 aromatic heterocycles. The van der Waals surface area contributed by atoms with Crippen molar-refractivity contribution in [1.82, 2.24) is 0 Å². The standard InChI is InChI=1S/C10H18O2/c1-9(2,11)7-4-5-10(3)8(6-7)12-10/h7-8,11H,4-6H2,1-3H3/t7-,8?,10?/m0/s1. The minimum atomic E-state index is -0.521. The Labute approximate surface area is 73.9 Å². The molecule has 0 aromatic rings. The molecule has 0 spiro atoms. The molecule has 70 valence electrons. The normalized spacial score (nSPS) is 47.0. The second-order valence-electron chi connectivity index (χ2n) is 5.04. The zero-order valence-electron chi connectivity index (χ0n) is 8.13. The van der Waals surface area contributed by atoms with Gasteiger partial charge in [0.1, 0.15) is 0 Å². The summed E-state index contributed by atoms with van der Waals surface area (Å²) in [5.74, 6) is 0.429. The van der Waals surface area contributed by atoms with Gasteiger partial charge in [-0.3, -0.25) is 0 Å². The van der Waals surface area contributed by atoms with Gasteiger partial charge >= 0.3 is 0 Å². The summed E-state index contributed by atoms with van der Waals surface area (Å²) < 4.78 is 5.58. The van der Waals surface area contributed by atoms with Gasteiger partial charge in [0.25, 0.3) is 0 Å². The Balaban J connectivity index is 1.98. The summed E-state index contributed by atoms with van der Waals surface area (Å²) in [6.07, 6.45) is 3.70. The molecule has 2 unspecified atom stereocenters. The van der Waals surface area contributed by atoms with E-state index in [9.17, 15) is 5.11 Å². The highest BCUT2D eigenvalue weighted by molar-refractivity contribution is 5.05. The van der Waals surface area contributed by atoms with Crippen LogP contribution < -0.4 is 0 Å². The van der Waals surface area contributed by atoms with Crippen LogP contribution in [0, 0.1) is 5.92 Å². The van der Waals surface area contributed by atoms with Crippen molar-refractivity contribution < 1.29 is 9.84 Å². The Hall–Kier alpha value is -0.0800. The van der Waals surface area contributed by atoms with Crippen molar-refractivity contribution in [1.29, 1.82) is 0 Å². The van der Waals surface area contributed by atoms with Crippen molar-refractivity contribution in [2.24, 2.45) is 5.92 Å². The molecule has 1 saturated carbocycles. The summed E-state index contributed by atoms with van der Waals surface area (Å²) in [6.45, 7) is 5.99. The van der Waals surface area contributed by atoms with Crippen LogP contribution in [0.1, 0.15) is 40.0 Å². The molecular weight excluding hydrogens is 152 g/mol. The fourth-order valence-corrected chi connectivity index (χ4v) is 2.29. The first-order chi connectivity index (χ1) is 5.42. The highest BCUT2D eigenvalue weighted by atomic mass is 16.6. The average Bonchev–Trinajstić information content (AvgIpc) is 2.56. The lowest BCUT2D eigenvalue weighted by Crippen LogP contribution is -2.36. The van der Waals surface area contributed by atoms with Crippen LogP contribution in [0.4, 0.5) is 0 Å². The molecule has 1 aliphatic carbocycles. The molecule has 0 aromatic carbocycles. The molecule has 12 heavy (non-hydrogen) atoms. The molecule has 2 fully saturated rings. The zero-order valence-corrected chi connectivity index (χ0v) is 8.13. The van der Waals surface area contributed by atoms with Crippen LogP contribution in [0.15, 0.2) is 0 Å². The van der Waals surface area contributed by atoms with Crippen LogP contribution in [0.25, 0.3) is 0 Å². The molecule has 0 bridgehead atoms. The zero-order chi connectivity index (χ0) is 8.98. The maximum Gasteiger partial charge on any atom is 0.0920 e. The molecule has 0 radical (unpaired) electrons. The molecular formula is C10H18O2. The molecule has 2 heteroatoms. The van der Waals surface area contributed by atoms with Crippen molar-refractivity contribution in [2.45, 2.75) is 57.3 Å². The largest absolute Gasteiger partial charge is 0.390 e. The van der Waals surface area contributed by atoms with E-state index in [-0.39, 0.29) is 5.60 Å². The second-order valence-corrected chi connectivity index (χ2v) is 5.04. The summed E-state index contributed by atoms with van der Waals surface area (Å²) in [5.41, 5.74) is -0.338. The van der Waals surface area contributed by atoms with Crippen LogP contribution >= 0.6 is 0 Å². The number of rotatable bonds is 1. The lowest BCUT2D eigenvalue weighted by Gasteiger charge is -2.32. The molecule has 1 heterocycles. The molecule has 3 atom stereocenters. The Morgan fingerprint density at radius 3 is 2.67 bits per heavy atom. The molecule has 1 aliphatic heterocycles. The minimum Gasteiger partial charge on any atom is -0.390 e. The quantitative estimate of drug-likeness (QED) is 0.608. The van der Waals surface area contributed by atoms with Crippen molar-refractivity contribution in [3.8, 4) is 0 Å². The first-order valence-corrected chi connectivity index (χ1v) is 4.82. The first kappa shape index (κ1) is 8.52. The highest BCUT2D eigenvalue weighted by Crippen LogP contribution is 2.51. The summed E-state index contributed by atoms with van der Waals surface area (Å²) >= 11 is 0. The third kappa shape index (κ3) is 1.27. The Bertz CT molecular complexity index is 195. The highest BCUT2D eigenvalue weighted by Gasteiger charge is 2.56. The van der Waals surface area contributed by atoms with E-state index in [4.69, 9.17) is 4.74 Å². The summed E-state index contributed by atoms with van der Waals surface area (Å²) in [7, 11) is 0. The summed E-state index contributed by atoms with van der Waals surface area (Å²) in [6, 6.07) is 0. The molecule has 1 N–H and O–H groups in total. The summed E-state index contributed by atoms with van der Waals surface area (Å²) in [4.78, 5) is 0. The topological polar surface area (TPSA) is 32.8 Å². The third-order valence-electron chi connectivity index (χ3n) is 3.52. The van der Waals surface area contributed by atoms with Crippen LogP contribution in [0.2, 0.25) is 0 Å². The molecule has 1 saturated heterocycles. The van der Waals surface area contributed by atoms with Gasteiger partial charge in [0.2, 0.25) is 0 Å². The van der Waals surface area contributed by atoms with Crippen molar-refractivity contribution in [3.05, 3.63) is 0 Å². The van der Waals surface area contributed by atoms with E-state index < -0.39 is 5.60 Å². The van der Waals surface area contributed by atoms with Crippen molar-refractivity contribution >= 4 is 0 Å². The van der Waals surface area contributed by atoms with Gasteiger partial charge in [-0.1, -0.05) is 0 Å². The van der Waals surface area contributed by atoms with Crippen LogP contribution in [0.5, 0.6) is 0 Å². The molecule has 2 aliphatic rings. The van der Waals surface area contributed by atoms with Crippen molar-refractivity contribution in [2.75, 3.05) is 0 Å². The van der Waals surface area contributed by atoms with E-state index in [1.807, 2.05) is 13.8 Å². The van der Waals surface area contributed by atoms with Gasteiger partial charge in [-0.05, 0) is 46.0 Å². The van der Waals surface area contributed by atoms with E-state index in [0.29, 0.717) is 12.0 Å². The van der Waals surface area contributed by atoms with Gasteiger partial charge in [0.15, 0.2) is 0 Å². The van der Waals surface area contributed by atoms with E-state index in [1.54, 1.807) is 0 Å². The van der Waals surface area contributed by atoms with Crippen LogP contribution in [0.3, 0.4) is 0 Å². The molecule has 2 nitrogen and oxygen atoms in total. The van der Waals surface area contributed by atoms with Gasteiger partial charge < -0.3 is 9.84 Å². The predicted molar refractivity (Wildman–Crippen MR) is 46.9 cm³/mol. The van der Waals surface area contributed by atoms with Gasteiger partial charge in [0, 0.05) is 0 Å². The van der Waals surface area contributed by atoms with Gasteiger partial charge in [-0.15, -0.1) is 0 Å². The Morgan fingerprint density at radius 2 is 2.17 bits per heavy atom. The van der Waals surface area contributed by atoms with Crippen molar-refractivity contribution in [3.63, 3.8) is 0 Å². The van der Waals surface area contributed by atoms with E-state index in [2.05, 4.69) is 6.92 Å². The molecule has 2 rings (SSSR count). The average molecular weight is 170 g/mol. The van der Waals surface area contributed by atoms with Gasteiger partial charge in [-0.25, -0.2) is 0 Å². The summed E-state index contributed by atoms with van der Waals surface area (Å²) in [5, 5.41) is 9.81. The van der Waals surface area contributed by atoms with E-state index in [1.165, 1.54) is 0 Å². The SMILES string of the molecule is CC12CC[C@H](C(C)(C)O)CC1O2. The lowest BCUT2D eigenvalue weighted by molar-refractivity contribution is 0.00186. The number of ether oxygens (including phenoxy) is 1. The monoisotopic (exact) mass is 170 g/mol.